The van der Waals surface area contributed by atoms with Crippen LogP contribution in [0, 0.1) is 0 Å². The zero-order valence-electron chi connectivity index (χ0n) is 16.8. The molecule has 0 radical (unpaired) electrons. The lowest BCUT2D eigenvalue weighted by atomic mass is 10.3. The molecule has 160 valence electrons. The molecule has 0 spiro atoms. The first-order valence-electron chi connectivity index (χ1n) is 8.93. The van der Waals surface area contributed by atoms with E-state index in [-0.39, 0.29) is 5.82 Å². The number of nitrogen functional groups attached to an aromatic ring is 2. The van der Waals surface area contributed by atoms with Crippen LogP contribution < -0.4 is 16.2 Å². The molecule has 0 aliphatic heterocycles. The maximum Gasteiger partial charge on any atom is 0.261 e. The Kier molecular flexibility index (Phi) is 10.00. The molecule has 1 heterocycles. The van der Waals surface area contributed by atoms with Gasteiger partial charge in [-0.15, -0.1) is 5.11 Å². The van der Waals surface area contributed by atoms with Gasteiger partial charge in [0.25, 0.3) is 10.1 Å². The van der Waals surface area contributed by atoms with Gasteiger partial charge in [-0.3, -0.25) is 4.55 Å². The predicted molar refractivity (Wildman–Crippen MR) is 114 cm³/mol. The summed E-state index contributed by atoms with van der Waals surface area (Å²) in [6, 6.07) is 10.8. The Bertz CT molecular complexity index is 876. The van der Waals surface area contributed by atoms with E-state index >= 15 is 0 Å². The monoisotopic (exact) mass is 424 g/mol. The number of aromatic nitrogens is 1. The minimum Gasteiger partial charge on any atom is -0.492 e. The van der Waals surface area contributed by atoms with E-state index < -0.39 is 10.1 Å². The highest BCUT2D eigenvalue weighted by Crippen LogP contribution is 2.24. The van der Waals surface area contributed by atoms with Crippen molar-refractivity contribution in [3.8, 4) is 5.75 Å². The van der Waals surface area contributed by atoms with Gasteiger partial charge in [-0.1, -0.05) is 13.8 Å². The fourth-order valence-electron chi connectivity index (χ4n) is 2.12. The van der Waals surface area contributed by atoms with Crippen molar-refractivity contribution in [2.75, 3.05) is 44.0 Å². The Labute approximate surface area is 171 Å². The van der Waals surface area contributed by atoms with Gasteiger partial charge in [0.05, 0.1) is 11.9 Å². The third kappa shape index (κ3) is 11.0. The van der Waals surface area contributed by atoms with E-state index in [9.17, 15) is 8.42 Å². The molecule has 2 rings (SSSR count). The minimum atomic E-state index is -3.67. The van der Waals surface area contributed by atoms with E-state index in [0.717, 1.165) is 25.4 Å². The number of benzene rings is 1. The van der Waals surface area contributed by atoms with Crippen LogP contribution in [0.2, 0.25) is 0 Å². The fourth-order valence-corrected chi connectivity index (χ4v) is 2.12. The van der Waals surface area contributed by atoms with Crippen molar-refractivity contribution >= 4 is 33.1 Å². The summed E-state index contributed by atoms with van der Waals surface area (Å²) < 4.78 is 31.6. The van der Waals surface area contributed by atoms with Crippen LogP contribution in [0.4, 0.5) is 23.0 Å². The molecule has 0 fully saturated rings. The van der Waals surface area contributed by atoms with Gasteiger partial charge in [0.15, 0.2) is 5.82 Å². The molecule has 29 heavy (non-hydrogen) atoms. The molecule has 0 aliphatic carbocycles. The summed E-state index contributed by atoms with van der Waals surface area (Å²) in [6.07, 6.45) is 0.715. The van der Waals surface area contributed by atoms with E-state index in [2.05, 4.69) is 34.0 Å². The third-order valence-electron chi connectivity index (χ3n) is 3.60. The van der Waals surface area contributed by atoms with Crippen molar-refractivity contribution in [3.05, 3.63) is 36.4 Å². The van der Waals surface area contributed by atoms with Crippen molar-refractivity contribution in [2.24, 2.45) is 10.2 Å². The SMILES string of the molecule is CCN(CC)CCOc1ccc(/N=N/c2ccc(N)nc2N)cc1.CS(=O)(=O)O. The number of likely N-dealkylation sites (N-methyl/N-ethyl adjacent to an activating group) is 1. The predicted octanol–water partition coefficient (Wildman–Crippen LogP) is 2.89. The number of nitrogens with zero attached hydrogens (tertiary/aromatic N) is 4. The Morgan fingerprint density at radius 1 is 1.07 bits per heavy atom. The average Bonchev–Trinajstić information content (AvgIpc) is 2.64. The molecule has 0 saturated carbocycles. The summed E-state index contributed by atoms with van der Waals surface area (Å²) in [5.74, 6) is 1.43. The average molecular weight is 425 g/mol. The molecular weight excluding hydrogens is 396 g/mol. The van der Waals surface area contributed by atoms with Crippen LogP contribution >= 0.6 is 0 Å². The molecular formula is C18H28N6O4S. The highest BCUT2D eigenvalue weighted by Gasteiger charge is 2.01. The Morgan fingerprint density at radius 2 is 1.66 bits per heavy atom. The Balaban J connectivity index is 0.000000749. The van der Waals surface area contributed by atoms with Crippen LogP contribution in [-0.4, -0.2) is 55.4 Å². The molecule has 1 aromatic carbocycles. The van der Waals surface area contributed by atoms with Crippen LogP contribution in [0.15, 0.2) is 46.6 Å². The standard InChI is InChI=1S/C17H24N6O.CH4O3S/c1-3-23(4-2)11-12-24-14-7-5-13(6-8-14)21-22-15-9-10-16(18)20-17(15)19;1-5(2,3)4/h5-10H,3-4,11-12H2,1-2H3,(H4,18,19,20);1H3,(H,2,3,4)/b22-21+;. The van der Waals surface area contributed by atoms with Gasteiger partial charge in [0.1, 0.15) is 23.9 Å². The lowest BCUT2D eigenvalue weighted by Gasteiger charge is -2.17. The maximum atomic E-state index is 9.19. The summed E-state index contributed by atoms with van der Waals surface area (Å²) >= 11 is 0. The highest BCUT2D eigenvalue weighted by molar-refractivity contribution is 7.85. The zero-order valence-corrected chi connectivity index (χ0v) is 17.6. The normalized spacial score (nSPS) is 11.3. The molecule has 0 unspecified atom stereocenters. The van der Waals surface area contributed by atoms with E-state index in [1.165, 1.54) is 0 Å². The molecule has 0 atom stereocenters. The summed E-state index contributed by atoms with van der Waals surface area (Å²) in [7, 11) is -3.67. The van der Waals surface area contributed by atoms with Crippen LogP contribution in [0.1, 0.15) is 13.8 Å². The quantitative estimate of drug-likeness (QED) is 0.431. The van der Waals surface area contributed by atoms with Crippen molar-refractivity contribution in [3.63, 3.8) is 0 Å². The topological polar surface area (TPSA) is 156 Å². The number of ether oxygens (including phenoxy) is 1. The van der Waals surface area contributed by atoms with Gasteiger partial charge in [-0.2, -0.15) is 13.5 Å². The lowest BCUT2D eigenvalue weighted by molar-refractivity contribution is 0.223. The summed E-state index contributed by atoms with van der Waals surface area (Å²) in [4.78, 5) is 6.25. The van der Waals surface area contributed by atoms with Gasteiger partial charge in [0, 0.05) is 6.54 Å². The van der Waals surface area contributed by atoms with Crippen molar-refractivity contribution < 1.29 is 17.7 Å². The second-order valence-corrected chi connectivity index (χ2v) is 7.41. The second kappa shape index (κ2) is 11.9. The molecule has 10 nitrogen and oxygen atoms in total. The summed E-state index contributed by atoms with van der Waals surface area (Å²) in [6.45, 7) is 7.93. The van der Waals surface area contributed by atoms with E-state index in [1.807, 2.05) is 24.3 Å². The van der Waals surface area contributed by atoms with Crippen LogP contribution in [0.3, 0.4) is 0 Å². The molecule has 5 N–H and O–H groups in total. The molecule has 2 aromatic rings. The van der Waals surface area contributed by atoms with Crippen molar-refractivity contribution in [1.29, 1.82) is 0 Å². The van der Waals surface area contributed by atoms with Gasteiger partial charge >= 0.3 is 0 Å². The second-order valence-electron chi connectivity index (χ2n) is 5.94. The van der Waals surface area contributed by atoms with Gasteiger partial charge in [0.2, 0.25) is 0 Å². The Hall–Kier alpha value is -2.76. The molecule has 1 aromatic heterocycles. The summed E-state index contributed by atoms with van der Waals surface area (Å²) in [5.41, 5.74) is 12.5. The first-order valence-corrected chi connectivity index (χ1v) is 10.8. The minimum absolute atomic E-state index is 0.259. The van der Waals surface area contributed by atoms with Crippen LogP contribution in [-0.2, 0) is 10.1 Å². The van der Waals surface area contributed by atoms with Gasteiger partial charge in [-0.25, -0.2) is 4.98 Å². The molecule has 0 aliphatic rings. The zero-order chi connectivity index (χ0) is 21.9. The first kappa shape index (κ1) is 24.3. The van der Waals surface area contributed by atoms with E-state index in [1.54, 1.807) is 12.1 Å². The van der Waals surface area contributed by atoms with Crippen LogP contribution in [0.25, 0.3) is 0 Å². The van der Waals surface area contributed by atoms with Gasteiger partial charge in [-0.05, 0) is 49.5 Å². The number of azo groups is 1. The van der Waals surface area contributed by atoms with E-state index in [0.29, 0.717) is 30.1 Å². The number of hydrogen-bond acceptors (Lipinski definition) is 9. The molecule has 0 saturated heterocycles. The van der Waals surface area contributed by atoms with Crippen LogP contribution in [0.5, 0.6) is 5.75 Å². The number of rotatable bonds is 8. The number of hydrogen-bond donors (Lipinski definition) is 3. The van der Waals surface area contributed by atoms with Crippen molar-refractivity contribution in [2.45, 2.75) is 13.8 Å². The van der Waals surface area contributed by atoms with Gasteiger partial charge < -0.3 is 21.1 Å². The summed E-state index contributed by atoms with van der Waals surface area (Å²) in [5, 5.41) is 8.23. The first-order chi connectivity index (χ1) is 13.6. The third-order valence-corrected chi connectivity index (χ3v) is 3.60. The highest BCUT2D eigenvalue weighted by atomic mass is 32.2. The Morgan fingerprint density at radius 3 is 2.17 bits per heavy atom. The van der Waals surface area contributed by atoms with E-state index in [4.69, 9.17) is 20.8 Å². The number of nitrogens with two attached hydrogens (primary N) is 2. The smallest absolute Gasteiger partial charge is 0.261 e. The molecule has 11 heteroatoms. The largest absolute Gasteiger partial charge is 0.492 e. The molecule has 0 amide bonds. The molecule has 0 bridgehead atoms. The number of pyridine rings is 1. The van der Waals surface area contributed by atoms with Crippen molar-refractivity contribution in [1.82, 2.24) is 9.88 Å². The lowest BCUT2D eigenvalue weighted by Crippen LogP contribution is -2.27. The fraction of sp³-hybridized carbons (Fsp3) is 0.389. The number of anilines is 2. The maximum absolute atomic E-state index is 9.19.